The van der Waals surface area contributed by atoms with Crippen molar-refractivity contribution >= 4 is 29.3 Å². The molecule has 0 bridgehead atoms. The van der Waals surface area contributed by atoms with E-state index in [0.29, 0.717) is 18.5 Å². The van der Waals surface area contributed by atoms with Crippen molar-refractivity contribution in [2.45, 2.75) is 55.2 Å². The Morgan fingerprint density at radius 1 is 1.07 bits per heavy atom. The maximum atomic E-state index is 12.6. The molecule has 2 aromatic rings. The van der Waals surface area contributed by atoms with E-state index in [0.717, 1.165) is 29.5 Å². The minimum atomic E-state index is -0.120. The highest BCUT2D eigenvalue weighted by Gasteiger charge is 2.20. The summed E-state index contributed by atoms with van der Waals surface area (Å²) in [7, 11) is 0. The molecule has 1 aliphatic heterocycles. The summed E-state index contributed by atoms with van der Waals surface area (Å²) >= 11 is 1.95. The van der Waals surface area contributed by atoms with Gasteiger partial charge >= 0.3 is 0 Å². The smallest absolute Gasteiger partial charge is 0.255 e. The van der Waals surface area contributed by atoms with Crippen LogP contribution in [0.4, 0.5) is 5.69 Å². The summed E-state index contributed by atoms with van der Waals surface area (Å²) in [4.78, 5) is 27.6. The second-order valence-electron chi connectivity index (χ2n) is 7.62. The van der Waals surface area contributed by atoms with E-state index in [2.05, 4.69) is 17.4 Å². The Balaban J connectivity index is 1.36. The van der Waals surface area contributed by atoms with Crippen LogP contribution in [0.25, 0.3) is 0 Å². The van der Waals surface area contributed by atoms with Crippen LogP contribution in [0, 0.1) is 0 Å². The molecule has 0 spiro atoms. The zero-order valence-corrected chi connectivity index (χ0v) is 16.8. The first kappa shape index (κ1) is 19.1. The zero-order valence-electron chi connectivity index (χ0n) is 16.0. The highest BCUT2D eigenvalue weighted by molar-refractivity contribution is 8.00. The first-order valence-corrected chi connectivity index (χ1v) is 11.0. The van der Waals surface area contributed by atoms with Gasteiger partial charge in [-0.15, -0.1) is 11.8 Å². The molecule has 28 heavy (non-hydrogen) atoms. The third-order valence-electron chi connectivity index (χ3n) is 5.45. The molecule has 2 fully saturated rings. The number of thioether (sulfide) groups is 1. The van der Waals surface area contributed by atoms with Crippen molar-refractivity contribution in [3.05, 3.63) is 59.7 Å². The second-order valence-corrected chi connectivity index (χ2v) is 9.00. The van der Waals surface area contributed by atoms with Gasteiger partial charge < -0.3 is 10.2 Å². The topological polar surface area (TPSA) is 49.4 Å². The maximum absolute atomic E-state index is 12.6. The van der Waals surface area contributed by atoms with Gasteiger partial charge in [0.05, 0.1) is 0 Å². The SMILES string of the molecule is O=C(Nc1ccc(SC2CCCC2)cc1)c1cccc(CN2CCCC2=O)c1. The molecule has 4 nitrogen and oxygen atoms in total. The van der Waals surface area contributed by atoms with E-state index in [-0.39, 0.29) is 11.8 Å². The summed E-state index contributed by atoms with van der Waals surface area (Å²) in [5.41, 5.74) is 2.42. The Labute approximate surface area is 170 Å². The van der Waals surface area contributed by atoms with Gasteiger partial charge in [-0.2, -0.15) is 0 Å². The van der Waals surface area contributed by atoms with Gasteiger partial charge in [0.15, 0.2) is 0 Å². The largest absolute Gasteiger partial charge is 0.338 e. The van der Waals surface area contributed by atoms with Crippen LogP contribution in [0.2, 0.25) is 0 Å². The predicted molar refractivity (Wildman–Crippen MR) is 114 cm³/mol. The van der Waals surface area contributed by atoms with Crippen LogP contribution in [0.3, 0.4) is 0 Å². The summed E-state index contributed by atoms with van der Waals surface area (Å²) < 4.78 is 0. The van der Waals surface area contributed by atoms with E-state index in [4.69, 9.17) is 0 Å². The number of anilines is 1. The number of rotatable bonds is 6. The molecule has 146 valence electrons. The fourth-order valence-corrected chi connectivity index (χ4v) is 5.17. The minimum Gasteiger partial charge on any atom is -0.338 e. The van der Waals surface area contributed by atoms with Crippen LogP contribution < -0.4 is 5.32 Å². The van der Waals surface area contributed by atoms with Crippen molar-refractivity contribution in [1.82, 2.24) is 4.90 Å². The molecule has 1 saturated heterocycles. The molecule has 4 rings (SSSR count). The van der Waals surface area contributed by atoms with Crippen molar-refractivity contribution in [2.75, 3.05) is 11.9 Å². The Morgan fingerprint density at radius 3 is 2.57 bits per heavy atom. The minimum absolute atomic E-state index is 0.120. The zero-order chi connectivity index (χ0) is 19.3. The summed E-state index contributed by atoms with van der Waals surface area (Å²) in [6, 6.07) is 15.7. The average Bonchev–Trinajstić information content (AvgIpc) is 3.36. The van der Waals surface area contributed by atoms with Crippen molar-refractivity contribution in [3.63, 3.8) is 0 Å². The van der Waals surface area contributed by atoms with Crippen LogP contribution in [0.15, 0.2) is 53.4 Å². The molecule has 1 heterocycles. The first-order valence-electron chi connectivity index (χ1n) is 10.1. The third kappa shape index (κ3) is 4.76. The summed E-state index contributed by atoms with van der Waals surface area (Å²) in [6.45, 7) is 1.38. The molecule has 1 saturated carbocycles. The van der Waals surface area contributed by atoms with Gasteiger partial charge in [0.1, 0.15) is 0 Å². The monoisotopic (exact) mass is 394 g/mol. The molecule has 0 atom stereocenters. The first-order chi connectivity index (χ1) is 13.7. The maximum Gasteiger partial charge on any atom is 0.255 e. The fourth-order valence-electron chi connectivity index (χ4n) is 3.92. The average molecular weight is 395 g/mol. The molecule has 1 aliphatic carbocycles. The summed E-state index contributed by atoms with van der Waals surface area (Å²) in [5, 5.41) is 3.72. The molecule has 2 amide bonds. The van der Waals surface area contributed by atoms with Crippen LogP contribution in [0.5, 0.6) is 0 Å². The van der Waals surface area contributed by atoms with E-state index >= 15 is 0 Å². The van der Waals surface area contributed by atoms with Gasteiger partial charge in [-0.3, -0.25) is 9.59 Å². The van der Waals surface area contributed by atoms with Crippen molar-refractivity contribution in [1.29, 1.82) is 0 Å². The van der Waals surface area contributed by atoms with Crippen LogP contribution >= 0.6 is 11.8 Å². The normalized spacial score (nSPS) is 17.3. The lowest BCUT2D eigenvalue weighted by Crippen LogP contribution is -2.24. The van der Waals surface area contributed by atoms with E-state index in [1.165, 1.54) is 30.6 Å². The Kier molecular flexibility index (Phi) is 6.01. The standard InChI is InChI=1S/C23H26N2O2S/c26-22-9-4-14-25(22)16-17-5-3-6-18(15-17)23(27)24-19-10-12-21(13-11-19)28-20-7-1-2-8-20/h3,5-6,10-13,15,20H,1-2,4,7-9,14,16H2,(H,24,27). The van der Waals surface area contributed by atoms with E-state index in [1.807, 2.05) is 53.1 Å². The van der Waals surface area contributed by atoms with Gasteiger partial charge in [0.2, 0.25) is 5.91 Å². The number of nitrogens with one attached hydrogen (secondary N) is 1. The highest BCUT2D eigenvalue weighted by atomic mass is 32.2. The Hall–Kier alpha value is -2.27. The van der Waals surface area contributed by atoms with Gasteiger partial charge in [0, 0.05) is 40.9 Å². The fraction of sp³-hybridized carbons (Fsp3) is 0.391. The van der Waals surface area contributed by atoms with E-state index < -0.39 is 0 Å². The second kappa shape index (κ2) is 8.82. The van der Waals surface area contributed by atoms with Crippen LogP contribution in [-0.4, -0.2) is 28.5 Å². The molecule has 0 radical (unpaired) electrons. The summed E-state index contributed by atoms with van der Waals surface area (Å²) in [6.07, 6.45) is 6.86. The van der Waals surface area contributed by atoms with Crippen LogP contribution in [0.1, 0.15) is 54.4 Å². The molecular formula is C23H26N2O2S. The molecule has 5 heteroatoms. The Bertz CT molecular complexity index is 844. The number of nitrogens with zero attached hydrogens (tertiary/aromatic N) is 1. The molecular weight excluding hydrogens is 368 g/mol. The number of hydrogen-bond donors (Lipinski definition) is 1. The lowest BCUT2D eigenvalue weighted by molar-refractivity contribution is -0.128. The van der Waals surface area contributed by atoms with Gasteiger partial charge in [0.25, 0.3) is 5.91 Å². The molecule has 2 aromatic carbocycles. The molecule has 1 N–H and O–H groups in total. The van der Waals surface area contributed by atoms with Gasteiger partial charge in [-0.05, 0) is 61.2 Å². The lowest BCUT2D eigenvalue weighted by Gasteiger charge is -2.16. The number of likely N-dealkylation sites (tertiary alicyclic amines) is 1. The van der Waals surface area contributed by atoms with E-state index in [1.54, 1.807) is 0 Å². The highest BCUT2D eigenvalue weighted by Crippen LogP contribution is 2.35. The molecule has 2 aliphatic rings. The molecule has 0 aromatic heterocycles. The predicted octanol–water partition coefficient (Wildman–Crippen LogP) is 5.10. The number of carbonyl (C=O) groups excluding carboxylic acids is 2. The van der Waals surface area contributed by atoms with Crippen LogP contribution in [-0.2, 0) is 11.3 Å². The Morgan fingerprint density at radius 2 is 1.86 bits per heavy atom. The van der Waals surface area contributed by atoms with Crippen molar-refractivity contribution in [2.24, 2.45) is 0 Å². The van der Waals surface area contributed by atoms with Crippen molar-refractivity contribution in [3.8, 4) is 0 Å². The van der Waals surface area contributed by atoms with Gasteiger partial charge in [-0.1, -0.05) is 25.0 Å². The lowest BCUT2D eigenvalue weighted by atomic mass is 10.1. The quantitative estimate of drug-likeness (QED) is 0.742. The number of carbonyl (C=O) groups is 2. The molecule has 0 unspecified atom stereocenters. The number of benzene rings is 2. The van der Waals surface area contributed by atoms with Crippen molar-refractivity contribution < 1.29 is 9.59 Å². The summed E-state index contributed by atoms with van der Waals surface area (Å²) in [5.74, 6) is 0.0798. The number of hydrogen-bond acceptors (Lipinski definition) is 3. The number of amides is 2. The van der Waals surface area contributed by atoms with E-state index in [9.17, 15) is 9.59 Å². The van der Waals surface area contributed by atoms with Gasteiger partial charge in [-0.25, -0.2) is 0 Å². The third-order valence-corrected chi connectivity index (χ3v) is 6.80.